The Morgan fingerprint density at radius 2 is 1.53 bits per heavy atom. The van der Waals surface area contributed by atoms with Crippen molar-refractivity contribution in [3.05, 3.63) is 76.4 Å². The molecule has 1 N–H and O–H groups in total. The van der Waals surface area contributed by atoms with Gasteiger partial charge in [-0.25, -0.2) is 0 Å². The average Bonchev–Trinajstić information content (AvgIpc) is 3.32. The molecule has 232 valence electrons. The monoisotopic (exact) mass is 610 g/mol. The Bertz CT molecular complexity index is 1700. The molecule has 0 saturated carbocycles. The maximum absolute atomic E-state index is 14.2. The molecule has 2 fully saturated rings. The number of rotatable bonds is 5. The number of fused-ring (bicyclic) bond motifs is 3. The Morgan fingerprint density at radius 1 is 0.889 bits per heavy atom. The van der Waals surface area contributed by atoms with Gasteiger partial charge in [0.15, 0.2) is 23.1 Å². The Kier molecular flexibility index (Phi) is 7.12. The summed E-state index contributed by atoms with van der Waals surface area (Å²) in [4.78, 5) is 58.8. The summed E-state index contributed by atoms with van der Waals surface area (Å²) in [6.45, 7) is 4.46. The number of allylic oxidation sites excluding steroid dienone is 6. The van der Waals surface area contributed by atoms with Crippen LogP contribution in [0.5, 0.6) is 17.2 Å². The largest absolute Gasteiger partial charge is 0.502 e. The molecule has 4 atom stereocenters. The van der Waals surface area contributed by atoms with E-state index < -0.39 is 23.7 Å². The van der Waals surface area contributed by atoms with Gasteiger partial charge in [0.25, 0.3) is 0 Å². The van der Waals surface area contributed by atoms with Crippen LogP contribution in [0.3, 0.4) is 0 Å². The highest BCUT2D eigenvalue weighted by atomic mass is 16.5. The van der Waals surface area contributed by atoms with E-state index >= 15 is 0 Å². The molecule has 0 bridgehead atoms. The minimum absolute atomic E-state index is 0.156. The van der Waals surface area contributed by atoms with Crippen LogP contribution in [0.15, 0.2) is 70.8 Å². The number of carbonyl (C=O) groups excluding carboxylic acids is 4. The first-order chi connectivity index (χ1) is 21.7. The van der Waals surface area contributed by atoms with Gasteiger partial charge in [0, 0.05) is 41.4 Å². The lowest BCUT2D eigenvalue weighted by atomic mass is 9.59. The summed E-state index contributed by atoms with van der Waals surface area (Å²) in [7, 11) is 2.84. The van der Waals surface area contributed by atoms with E-state index in [4.69, 9.17) is 14.2 Å². The van der Waals surface area contributed by atoms with Crippen LogP contribution in [-0.4, -0.2) is 69.0 Å². The second kappa shape index (κ2) is 11.0. The maximum atomic E-state index is 14.2. The number of hydrogen-bond donors (Lipinski definition) is 1. The summed E-state index contributed by atoms with van der Waals surface area (Å²) in [5.41, 5.74) is 3.98. The summed E-state index contributed by atoms with van der Waals surface area (Å²) < 4.78 is 16.3. The van der Waals surface area contributed by atoms with Crippen molar-refractivity contribution in [2.45, 2.75) is 25.7 Å². The molecule has 10 heteroatoms. The minimum Gasteiger partial charge on any atom is -0.502 e. The number of phenols is 1. The third-order valence-electron chi connectivity index (χ3n) is 9.88. The summed E-state index contributed by atoms with van der Waals surface area (Å²) in [6, 6.07) is 10.7. The number of carbonyl (C=O) groups is 4. The van der Waals surface area contributed by atoms with Crippen molar-refractivity contribution in [2.24, 2.45) is 17.8 Å². The highest BCUT2D eigenvalue weighted by molar-refractivity contribution is 6.25. The predicted octanol–water partition coefficient (Wildman–Crippen LogP) is 3.88. The van der Waals surface area contributed by atoms with Crippen molar-refractivity contribution in [1.29, 1.82) is 0 Å². The summed E-state index contributed by atoms with van der Waals surface area (Å²) in [6.07, 6.45) is 3.84. The molecule has 2 aromatic rings. The van der Waals surface area contributed by atoms with Gasteiger partial charge in [0.2, 0.25) is 17.6 Å². The maximum Gasteiger partial charge on any atom is 0.238 e. The summed E-state index contributed by atoms with van der Waals surface area (Å²) >= 11 is 0. The number of phenolic OH excluding ortho intramolecular Hbond substituents is 1. The van der Waals surface area contributed by atoms with Crippen LogP contribution in [0, 0.1) is 17.8 Å². The molecule has 45 heavy (non-hydrogen) atoms. The van der Waals surface area contributed by atoms with Crippen LogP contribution in [-0.2, 0) is 23.9 Å². The van der Waals surface area contributed by atoms with Crippen LogP contribution in [0.25, 0.3) is 0 Å². The van der Waals surface area contributed by atoms with Gasteiger partial charge < -0.3 is 24.2 Å². The number of ether oxygens (including phenoxy) is 3. The number of ketones is 2. The van der Waals surface area contributed by atoms with Gasteiger partial charge in [0.1, 0.15) is 0 Å². The SMILES string of the molecule is COc1cc([C@H]2C3=CC[C@@H]4C(=O)N(c5ccc(N6CCOCC6)cc5)C(=O)[C@@H]4[C@@H]3CC3=C2C(=O)C=C(C)C3=O)cc(OC)c1O. The van der Waals surface area contributed by atoms with Crippen molar-refractivity contribution in [1.82, 2.24) is 0 Å². The molecule has 0 radical (unpaired) electrons. The van der Waals surface area contributed by atoms with Crippen LogP contribution < -0.4 is 19.3 Å². The van der Waals surface area contributed by atoms with Gasteiger partial charge in [-0.05, 0) is 73.7 Å². The zero-order chi connectivity index (χ0) is 31.6. The van der Waals surface area contributed by atoms with E-state index in [1.165, 1.54) is 25.2 Å². The number of amides is 2. The van der Waals surface area contributed by atoms with E-state index in [-0.39, 0.29) is 47.1 Å². The Balaban J connectivity index is 1.29. The lowest BCUT2D eigenvalue weighted by Gasteiger charge is -2.42. The second-order valence-corrected chi connectivity index (χ2v) is 12.1. The first kappa shape index (κ1) is 29.0. The molecule has 0 unspecified atom stereocenters. The third kappa shape index (κ3) is 4.49. The van der Waals surface area contributed by atoms with Crippen molar-refractivity contribution >= 4 is 34.8 Å². The zero-order valence-corrected chi connectivity index (χ0v) is 25.4. The van der Waals surface area contributed by atoms with Crippen LogP contribution in [0.4, 0.5) is 11.4 Å². The van der Waals surface area contributed by atoms with Gasteiger partial charge in [-0.2, -0.15) is 0 Å². The van der Waals surface area contributed by atoms with Crippen molar-refractivity contribution in [3.63, 3.8) is 0 Å². The number of aromatic hydroxyl groups is 1. The van der Waals surface area contributed by atoms with E-state index in [1.54, 1.807) is 19.1 Å². The standard InChI is InChI=1S/C35H34N2O8/c1-18-14-26(38)31-25(32(18)39)17-24-22(29(31)19-15-27(43-2)33(40)28(16-19)44-3)8-9-23-30(24)35(42)37(34(23)41)21-6-4-20(5-7-21)36-10-12-45-13-11-36/h4-8,14-16,23-24,29-30,40H,9-13,17H2,1-3H3/t23-,24+,29-,30-/m0/s1. The molecule has 2 aromatic carbocycles. The van der Waals surface area contributed by atoms with Gasteiger partial charge >= 0.3 is 0 Å². The molecule has 2 aliphatic heterocycles. The minimum atomic E-state index is -0.692. The van der Waals surface area contributed by atoms with Gasteiger partial charge in [-0.3, -0.25) is 24.1 Å². The number of hydrogen-bond acceptors (Lipinski definition) is 9. The van der Waals surface area contributed by atoms with Gasteiger partial charge in [-0.15, -0.1) is 0 Å². The Labute approximate surface area is 260 Å². The first-order valence-corrected chi connectivity index (χ1v) is 15.2. The molecule has 5 aliphatic rings. The predicted molar refractivity (Wildman–Crippen MR) is 165 cm³/mol. The highest BCUT2D eigenvalue weighted by Crippen LogP contribution is 2.56. The van der Waals surface area contributed by atoms with E-state index in [2.05, 4.69) is 4.90 Å². The molecule has 10 nitrogen and oxygen atoms in total. The van der Waals surface area contributed by atoms with Crippen molar-refractivity contribution < 1.29 is 38.5 Å². The zero-order valence-electron chi connectivity index (χ0n) is 25.4. The number of Topliss-reactive ketones (excluding diaryl/α,β-unsaturated/α-hetero) is 1. The molecular formula is C35H34N2O8. The number of benzene rings is 2. The molecule has 2 saturated heterocycles. The quantitative estimate of drug-likeness (QED) is 0.305. The first-order valence-electron chi connectivity index (χ1n) is 15.2. The molecule has 3 aliphatic carbocycles. The highest BCUT2D eigenvalue weighted by Gasteiger charge is 2.56. The lowest BCUT2D eigenvalue weighted by molar-refractivity contribution is -0.123. The Hall–Kier alpha value is -4.70. The Morgan fingerprint density at radius 3 is 2.18 bits per heavy atom. The topological polar surface area (TPSA) is 123 Å². The number of anilines is 2. The van der Waals surface area contributed by atoms with E-state index in [1.807, 2.05) is 30.3 Å². The molecule has 2 heterocycles. The number of imide groups is 1. The molecular weight excluding hydrogens is 576 g/mol. The normalized spacial score (nSPS) is 26.3. The molecule has 0 spiro atoms. The second-order valence-electron chi connectivity index (χ2n) is 12.1. The van der Waals surface area contributed by atoms with Crippen LogP contribution >= 0.6 is 0 Å². The lowest BCUT2D eigenvalue weighted by Crippen LogP contribution is -2.39. The van der Waals surface area contributed by atoms with Gasteiger partial charge in [0.05, 0.1) is 45.0 Å². The number of morpholine rings is 1. The van der Waals surface area contributed by atoms with Crippen molar-refractivity contribution in [2.75, 3.05) is 50.3 Å². The van der Waals surface area contributed by atoms with Gasteiger partial charge in [-0.1, -0.05) is 11.6 Å². The molecule has 7 rings (SSSR count). The van der Waals surface area contributed by atoms with E-state index in [0.717, 1.165) is 24.4 Å². The molecule has 0 aromatic heterocycles. The van der Waals surface area contributed by atoms with Crippen molar-refractivity contribution in [3.8, 4) is 17.2 Å². The summed E-state index contributed by atoms with van der Waals surface area (Å²) in [5, 5.41) is 10.6. The molecule has 2 amide bonds. The smallest absolute Gasteiger partial charge is 0.238 e. The van der Waals surface area contributed by atoms with Crippen LogP contribution in [0.2, 0.25) is 0 Å². The van der Waals surface area contributed by atoms with Crippen LogP contribution in [0.1, 0.15) is 31.2 Å². The average molecular weight is 611 g/mol. The fraction of sp³-hybridized carbons (Fsp3) is 0.371. The third-order valence-corrected chi connectivity index (χ3v) is 9.88. The van der Waals surface area contributed by atoms with E-state index in [0.29, 0.717) is 47.6 Å². The number of nitrogens with zero attached hydrogens (tertiary/aromatic N) is 2. The fourth-order valence-corrected chi connectivity index (χ4v) is 7.73. The summed E-state index contributed by atoms with van der Waals surface area (Å²) in [5.74, 6) is -3.37. The number of methoxy groups -OCH3 is 2. The van der Waals surface area contributed by atoms with E-state index in [9.17, 15) is 24.3 Å². The fourth-order valence-electron chi connectivity index (χ4n) is 7.73.